The standard InChI is InChI=1S/C23H20BrIN2O3/c1-29-21-12-18(14-26-27-22(28)13-16-5-3-2-4-6-16)11-20(25)23(21)30-15-17-7-9-19(24)10-8-17/h2-12,14H,13,15H2,1H3,(H,27,28)/b26-14-. The van der Waals surface area contributed by atoms with Crippen LogP contribution < -0.4 is 14.9 Å². The van der Waals surface area contributed by atoms with Crippen molar-refractivity contribution in [3.63, 3.8) is 0 Å². The number of hydrogen-bond acceptors (Lipinski definition) is 4. The van der Waals surface area contributed by atoms with Gasteiger partial charge in [0.25, 0.3) is 0 Å². The molecule has 0 aliphatic heterocycles. The van der Waals surface area contributed by atoms with Gasteiger partial charge in [0.1, 0.15) is 6.61 Å². The van der Waals surface area contributed by atoms with Crippen molar-refractivity contribution in [2.75, 3.05) is 7.11 Å². The topological polar surface area (TPSA) is 59.9 Å². The van der Waals surface area contributed by atoms with Crippen LogP contribution in [0, 0.1) is 3.57 Å². The van der Waals surface area contributed by atoms with Gasteiger partial charge in [-0.3, -0.25) is 4.79 Å². The number of nitrogens with zero attached hydrogens (tertiary/aromatic N) is 1. The van der Waals surface area contributed by atoms with Crippen LogP contribution in [0.2, 0.25) is 0 Å². The number of hydrazone groups is 1. The third-order valence-corrected chi connectivity index (χ3v) is 5.49. The van der Waals surface area contributed by atoms with E-state index in [0.717, 1.165) is 24.7 Å². The number of rotatable bonds is 8. The number of methoxy groups -OCH3 is 1. The summed E-state index contributed by atoms with van der Waals surface area (Å²) in [6, 6.07) is 21.2. The SMILES string of the molecule is COc1cc(/C=N\NC(=O)Cc2ccccc2)cc(I)c1OCc1ccc(Br)cc1. The summed E-state index contributed by atoms with van der Waals surface area (Å²) in [7, 11) is 1.60. The van der Waals surface area contributed by atoms with Crippen LogP contribution in [-0.4, -0.2) is 19.2 Å². The quantitative estimate of drug-likeness (QED) is 0.223. The van der Waals surface area contributed by atoms with E-state index >= 15 is 0 Å². The van der Waals surface area contributed by atoms with E-state index in [9.17, 15) is 4.79 Å². The average Bonchev–Trinajstić information content (AvgIpc) is 2.74. The molecular formula is C23H20BrIN2O3. The van der Waals surface area contributed by atoms with Crippen molar-refractivity contribution in [3.8, 4) is 11.5 Å². The molecule has 5 nitrogen and oxygen atoms in total. The second kappa shape index (κ2) is 11.1. The Morgan fingerprint density at radius 1 is 1.10 bits per heavy atom. The zero-order valence-electron chi connectivity index (χ0n) is 16.3. The average molecular weight is 579 g/mol. The molecule has 7 heteroatoms. The predicted molar refractivity (Wildman–Crippen MR) is 130 cm³/mol. The van der Waals surface area contributed by atoms with Gasteiger partial charge in [0.05, 0.1) is 23.3 Å². The normalized spacial score (nSPS) is 10.8. The molecule has 0 aliphatic carbocycles. The van der Waals surface area contributed by atoms with E-state index in [4.69, 9.17) is 9.47 Å². The molecule has 0 saturated carbocycles. The molecule has 0 fully saturated rings. The van der Waals surface area contributed by atoms with Crippen LogP contribution in [0.25, 0.3) is 0 Å². The van der Waals surface area contributed by atoms with Crippen LogP contribution in [0.1, 0.15) is 16.7 Å². The monoisotopic (exact) mass is 578 g/mol. The number of benzene rings is 3. The summed E-state index contributed by atoms with van der Waals surface area (Å²) < 4.78 is 13.4. The lowest BCUT2D eigenvalue weighted by atomic mass is 10.1. The summed E-state index contributed by atoms with van der Waals surface area (Å²) in [6.45, 7) is 0.433. The lowest BCUT2D eigenvalue weighted by Gasteiger charge is -2.13. The Labute approximate surface area is 197 Å². The van der Waals surface area contributed by atoms with E-state index in [2.05, 4.69) is 49.0 Å². The molecule has 0 bridgehead atoms. The number of hydrogen-bond donors (Lipinski definition) is 1. The summed E-state index contributed by atoms with van der Waals surface area (Å²) in [6.07, 6.45) is 1.87. The summed E-state index contributed by atoms with van der Waals surface area (Å²) in [5.41, 5.74) is 5.35. The summed E-state index contributed by atoms with van der Waals surface area (Å²) >= 11 is 5.63. The minimum absolute atomic E-state index is 0.173. The van der Waals surface area contributed by atoms with E-state index in [-0.39, 0.29) is 12.3 Å². The van der Waals surface area contributed by atoms with Crippen molar-refractivity contribution in [3.05, 3.63) is 91.5 Å². The Balaban J connectivity index is 1.63. The maximum absolute atomic E-state index is 12.0. The zero-order valence-corrected chi connectivity index (χ0v) is 20.0. The molecule has 30 heavy (non-hydrogen) atoms. The Morgan fingerprint density at radius 2 is 1.83 bits per heavy atom. The van der Waals surface area contributed by atoms with Crippen LogP contribution in [0.3, 0.4) is 0 Å². The van der Waals surface area contributed by atoms with Gasteiger partial charge in [-0.05, 0) is 63.5 Å². The van der Waals surface area contributed by atoms with Gasteiger partial charge in [-0.2, -0.15) is 5.10 Å². The highest BCUT2D eigenvalue weighted by molar-refractivity contribution is 14.1. The molecule has 0 aliphatic rings. The minimum atomic E-state index is -0.173. The Kier molecular flexibility index (Phi) is 8.27. The number of ether oxygens (including phenoxy) is 2. The molecule has 1 N–H and O–H groups in total. The van der Waals surface area contributed by atoms with Crippen molar-refractivity contribution in [1.29, 1.82) is 0 Å². The van der Waals surface area contributed by atoms with Crippen molar-refractivity contribution in [2.45, 2.75) is 13.0 Å². The third kappa shape index (κ3) is 6.56. The van der Waals surface area contributed by atoms with Crippen molar-refractivity contribution < 1.29 is 14.3 Å². The van der Waals surface area contributed by atoms with Gasteiger partial charge in [-0.15, -0.1) is 0 Å². The number of carbonyl (C=O) groups is 1. The fourth-order valence-electron chi connectivity index (χ4n) is 2.69. The van der Waals surface area contributed by atoms with Gasteiger partial charge in [-0.25, -0.2) is 5.43 Å². The lowest BCUT2D eigenvalue weighted by Crippen LogP contribution is -2.19. The van der Waals surface area contributed by atoms with Crippen molar-refractivity contribution in [1.82, 2.24) is 5.43 Å². The molecule has 0 heterocycles. The molecule has 0 atom stereocenters. The van der Waals surface area contributed by atoms with Crippen LogP contribution in [0.15, 0.2) is 76.3 Å². The zero-order chi connectivity index (χ0) is 21.3. The maximum atomic E-state index is 12.0. The van der Waals surface area contributed by atoms with Gasteiger partial charge in [0.2, 0.25) is 5.91 Å². The van der Waals surface area contributed by atoms with Crippen molar-refractivity contribution >= 4 is 50.6 Å². The van der Waals surface area contributed by atoms with Gasteiger partial charge >= 0.3 is 0 Å². The molecule has 3 aromatic carbocycles. The van der Waals surface area contributed by atoms with Crippen LogP contribution in [-0.2, 0) is 17.8 Å². The molecule has 0 aromatic heterocycles. The molecule has 1 amide bonds. The van der Waals surface area contributed by atoms with Crippen LogP contribution in [0.5, 0.6) is 11.5 Å². The number of nitrogens with one attached hydrogen (secondary N) is 1. The Morgan fingerprint density at radius 3 is 2.53 bits per heavy atom. The fraction of sp³-hybridized carbons (Fsp3) is 0.130. The molecule has 0 unspecified atom stereocenters. The van der Waals surface area contributed by atoms with Gasteiger partial charge in [-0.1, -0.05) is 58.4 Å². The second-order valence-corrected chi connectivity index (χ2v) is 8.48. The van der Waals surface area contributed by atoms with Gasteiger partial charge < -0.3 is 9.47 Å². The molecule has 3 rings (SSSR count). The first-order valence-corrected chi connectivity index (χ1v) is 11.0. The smallest absolute Gasteiger partial charge is 0.244 e. The van der Waals surface area contributed by atoms with Gasteiger partial charge in [0, 0.05) is 4.47 Å². The number of carbonyl (C=O) groups excluding carboxylic acids is 1. The molecule has 0 radical (unpaired) electrons. The molecule has 154 valence electrons. The van der Waals surface area contributed by atoms with Gasteiger partial charge in [0.15, 0.2) is 11.5 Å². The minimum Gasteiger partial charge on any atom is -0.493 e. The molecule has 3 aromatic rings. The van der Waals surface area contributed by atoms with Crippen LogP contribution in [0.4, 0.5) is 0 Å². The summed E-state index contributed by atoms with van der Waals surface area (Å²) in [5.74, 6) is 1.11. The molecular weight excluding hydrogens is 559 g/mol. The second-order valence-electron chi connectivity index (χ2n) is 6.40. The highest BCUT2D eigenvalue weighted by atomic mass is 127. The van der Waals surface area contributed by atoms with Crippen molar-refractivity contribution in [2.24, 2.45) is 5.10 Å². The number of amides is 1. The predicted octanol–water partition coefficient (Wildman–Crippen LogP) is 5.33. The van der Waals surface area contributed by atoms with Crippen LogP contribution >= 0.6 is 38.5 Å². The lowest BCUT2D eigenvalue weighted by molar-refractivity contribution is -0.120. The Bertz CT molecular complexity index is 1020. The Hall–Kier alpha value is -2.39. The molecule has 0 saturated heterocycles. The summed E-state index contributed by atoms with van der Waals surface area (Å²) in [4.78, 5) is 12.0. The third-order valence-electron chi connectivity index (χ3n) is 4.16. The summed E-state index contributed by atoms with van der Waals surface area (Å²) in [5, 5.41) is 4.06. The highest BCUT2D eigenvalue weighted by Crippen LogP contribution is 2.34. The highest BCUT2D eigenvalue weighted by Gasteiger charge is 2.12. The fourth-order valence-corrected chi connectivity index (χ4v) is 3.74. The van der Waals surface area contributed by atoms with E-state index in [1.807, 2.05) is 66.7 Å². The van der Waals surface area contributed by atoms with E-state index in [1.165, 1.54) is 0 Å². The number of halogens is 2. The first-order chi connectivity index (χ1) is 14.5. The van der Waals surface area contributed by atoms with E-state index in [0.29, 0.717) is 18.1 Å². The van der Waals surface area contributed by atoms with E-state index < -0.39 is 0 Å². The largest absolute Gasteiger partial charge is 0.493 e. The van der Waals surface area contributed by atoms with E-state index in [1.54, 1.807) is 13.3 Å². The first-order valence-electron chi connectivity index (χ1n) is 9.16. The maximum Gasteiger partial charge on any atom is 0.244 e. The molecule has 0 spiro atoms. The first kappa shape index (κ1) is 22.3.